The van der Waals surface area contributed by atoms with Crippen LogP contribution in [0.1, 0.15) is 40.2 Å². The maximum absolute atomic E-state index is 9.70. The molecule has 4 heteroatoms. The number of nitrogens with zero attached hydrogens (tertiary/aromatic N) is 3. The van der Waals surface area contributed by atoms with Gasteiger partial charge in [0.15, 0.2) is 0 Å². The molecule has 0 bridgehead atoms. The SMILES string of the molecule is Cc1ccc(C(C/C(=N/O)c2ccncc2)c2ccc(N(C)C)cc2)cc1C. The van der Waals surface area contributed by atoms with E-state index in [-0.39, 0.29) is 5.92 Å². The van der Waals surface area contributed by atoms with Crippen molar-refractivity contribution >= 4 is 11.4 Å². The normalized spacial score (nSPS) is 12.6. The van der Waals surface area contributed by atoms with E-state index >= 15 is 0 Å². The van der Waals surface area contributed by atoms with Crippen molar-refractivity contribution in [2.24, 2.45) is 5.16 Å². The van der Waals surface area contributed by atoms with E-state index < -0.39 is 0 Å². The summed E-state index contributed by atoms with van der Waals surface area (Å²) in [6, 6.07) is 18.9. The van der Waals surface area contributed by atoms with Crippen LogP contribution in [-0.4, -0.2) is 30.0 Å². The molecule has 28 heavy (non-hydrogen) atoms. The zero-order valence-corrected chi connectivity index (χ0v) is 16.9. The summed E-state index contributed by atoms with van der Waals surface area (Å²) < 4.78 is 0. The average Bonchev–Trinajstić information content (AvgIpc) is 2.72. The second-order valence-electron chi connectivity index (χ2n) is 7.37. The molecule has 144 valence electrons. The number of pyridine rings is 1. The largest absolute Gasteiger partial charge is 0.411 e. The highest BCUT2D eigenvalue weighted by molar-refractivity contribution is 6.00. The molecule has 0 fully saturated rings. The maximum atomic E-state index is 9.70. The number of hydrogen-bond acceptors (Lipinski definition) is 4. The summed E-state index contributed by atoms with van der Waals surface area (Å²) >= 11 is 0. The van der Waals surface area contributed by atoms with E-state index in [0.717, 1.165) is 11.3 Å². The number of hydrogen-bond donors (Lipinski definition) is 1. The van der Waals surface area contributed by atoms with Gasteiger partial charge in [-0.2, -0.15) is 0 Å². The zero-order valence-electron chi connectivity index (χ0n) is 16.9. The van der Waals surface area contributed by atoms with Gasteiger partial charge in [-0.25, -0.2) is 0 Å². The Bertz CT molecular complexity index is 947. The number of anilines is 1. The van der Waals surface area contributed by atoms with Crippen molar-refractivity contribution < 1.29 is 5.21 Å². The highest BCUT2D eigenvalue weighted by Gasteiger charge is 2.19. The fourth-order valence-electron chi connectivity index (χ4n) is 3.37. The molecule has 0 amide bonds. The molecule has 4 nitrogen and oxygen atoms in total. The van der Waals surface area contributed by atoms with Crippen molar-refractivity contribution in [2.45, 2.75) is 26.2 Å². The summed E-state index contributed by atoms with van der Waals surface area (Å²) in [6.07, 6.45) is 4.04. The first-order valence-electron chi connectivity index (χ1n) is 9.45. The van der Waals surface area contributed by atoms with Gasteiger partial charge in [0.25, 0.3) is 0 Å². The predicted molar refractivity (Wildman–Crippen MR) is 116 cm³/mol. The number of aryl methyl sites for hydroxylation is 2. The van der Waals surface area contributed by atoms with Crippen LogP contribution >= 0.6 is 0 Å². The van der Waals surface area contributed by atoms with Crippen LogP contribution in [0.4, 0.5) is 5.69 Å². The molecule has 0 aliphatic rings. The van der Waals surface area contributed by atoms with Gasteiger partial charge >= 0.3 is 0 Å². The molecule has 0 saturated carbocycles. The van der Waals surface area contributed by atoms with Gasteiger partial charge in [0.2, 0.25) is 0 Å². The molecule has 0 spiro atoms. The van der Waals surface area contributed by atoms with Gasteiger partial charge in [0.05, 0.1) is 5.71 Å². The molecule has 0 saturated heterocycles. The predicted octanol–water partition coefficient (Wildman–Crippen LogP) is 5.16. The third-order valence-corrected chi connectivity index (χ3v) is 5.28. The Kier molecular flexibility index (Phi) is 6.09. The Labute approximate surface area is 167 Å². The quantitative estimate of drug-likeness (QED) is 0.369. The van der Waals surface area contributed by atoms with E-state index in [1.54, 1.807) is 12.4 Å². The van der Waals surface area contributed by atoms with Gasteiger partial charge < -0.3 is 10.1 Å². The molecule has 1 N–H and O–H groups in total. The van der Waals surface area contributed by atoms with E-state index in [1.807, 2.05) is 26.2 Å². The van der Waals surface area contributed by atoms with Crippen molar-refractivity contribution in [3.63, 3.8) is 0 Å². The van der Waals surface area contributed by atoms with Crippen LogP contribution in [0.2, 0.25) is 0 Å². The lowest BCUT2D eigenvalue weighted by atomic mass is 9.84. The van der Waals surface area contributed by atoms with Crippen molar-refractivity contribution in [2.75, 3.05) is 19.0 Å². The maximum Gasteiger partial charge on any atom is 0.0878 e. The van der Waals surface area contributed by atoms with Crippen LogP contribution in [0.15, 0.2) is 72.1 Å². The zero-order chi connectivity index (χ0) is 20.1. The molecule has 0 radical (unpaired) electrons. The van der Waals surface area contributed by atoms with Gasteiger partial charge in [0.1, 0.15) is 0 Å². The van der Waals surface area contributed by atoms with Crippen LogP contribution in [0.5, 0.6) is 0 Å². The Hall–Kier alpha value is -3.14. The van der Waals surface area contributed by atoms with Crippen molar-refractivity contribution in [3.05, 3.63) is 94.8 Å². The summed E-state index contributed by atoms with van der Waals surface area (Å²) in [4.78, 5) is 6.15. The molecule has 1 heterocycles. The first-order chi connectivity index (χ1) is 13.5. The summed E-state index contributed by atoms with van der Waals surface area (Å²) in [5.41, 5.74) is 7.65. The molecule has 3 aromatic rings. The summed E-state index contributed by atoms with van der Waals surface area (Å²) in [5, 5.41) is 13.3. The van der Waals surface area contributed by atoms with Crippen LogP contribution in [0.3, 0.4) is 0 Å². The van der Waals surface area contributed by atoms with Crippen molar-refractivity contribution in [3.8, 4) is 0 Å². The van der Waals surface area contributed by atoms with E-state index in [9.17, 15) is 5.21 Å². The number of rotatable bonds is 6. The van der Waals surface area contributed by atoms with Crippen LogP contribution in [0, 0.1) is 13.8 Å². The molecule has 1 aromatic heterocycles. The molecule has 2 aromatic carbocycles. The lowest BCUT2D eigenvalue weighted by Gasteiger charge is -2.21. The summed E-state index contributed by atoms with van der Waals surface area (Å²) in [7, 11) is 4.07. The minimum atomic E-state index is 0.0922. The van der Waals surface area contributed by atoms with Gasteiger partial charge in [-0.3, -0.25) is 4.98 Å². The third kappa shape index (κ3) is 4.39. The van der Waals surface area contributed by atoms with E-state index in [2.05, 4.69) is 71.4 Å². The molecule has 3 rings (SSSR count). The van der Waals surface area contributed by atoms with Crippen molar-refractivity contribution in [1.82, 2.24) is 4.98 Å². The van der Waals surface area contributed by atoms with E-state index in [4.69, 9.17) is 0 Å². The first-order valence-corrected chi connectivity index (χ1v) is 9.45. The fourth-order valence-corrected chi connectivity index (χ4v) is 3.37. The fraction of sp³-hybridized carbons (Fsp3) is 0.250. The molecular weight excluding hydrogens is 346 g/mol. The Balaban J connectivity index is 2.02. The first kappa shape index (κ1) is 19.6. The van der Waals surface area contributed by atoms with Crippen LogP contribution in [0.25, 0.3) is 0 Å². The van der Waals surface area contributed by atoms with Gasteiger partial charge in [0, 0.05) is 50.1 Å². The topological polar surface area (TPSA) is 48.7 Å². The molecule has 1 atom stereocenters. The third-order valence-electron chi connectivity index (χ3n) is 5.28. The van der Waals surface area contributed by atoms with Crippen molar-refractivity contribution in [1.29, 1.82) is 0 Å². The molecular formula is C24H27N3O. The second kappa shape index (κ2) is 8.70. The average molecular weight is 374 g/mol. The minimum Gasteiger partial charge on any atom is -0.411 e. The minimum absolute atomic E-state index is 0.0922. The molecule has 0 aliphatic heterocycles. The van der Waals surface area contributed by atoms with Gasteiger partial charge in [-0.05, 0) is 60.4 Å². The molecule has 1 unspecified atom stereocenters. The smallest absolute Gasteiger partial charge is 0.0878 e. The lowest BCUT2D eigenvalue weighted by molar-refractivity contribution is 0.317. The Morgan fingerprint density at radius 1 is 0.929 bits per heavy atom. The standard InChI is InChI=1S/C24H27N3O/c1-17-5-6-21(15-18(17)2)23(19-7-9-22(10-8-19)27(3)4)16-24(26-28)20-11-13-25-14-12-20/h5-15,23,28H,16H2,1-4H3/b26-24-. The van der Waals surface area contributed by atoms with E-state index in [1.165, 1.54) is 22.3 Å². The van der Waals surface area contributed by atoms with Gasteiger partial charge in [-0.1, -0.05) is 35.5 Å². The lowest BCUT2D eigenvalue weighted by Crippen LogP contribution is -2.12. The van der Waals surface area contributed by atoms with Gasteiger partial charge in [-0.15, -0.1) is 0 Å². The van der Waals surface area contributed by atoms with E-state index in [0.29, 0.717) is 12.1 Å². The summed E-state index contributed by atoms with van der Waals surface area (Å²) in [6.45, 7) is 4.26. The summed E-state index contributed by atoms with van der Waals surface area (Å²) in [5.74, 6) is 0.0922. The van der Waals surface area contributed by atoms with Crippen LogP contribution in [-0.2, 0) is 0 Å². The Morgan fingerprint density at radius 2 is 1.57 bits per heavy atom. The Morgan fingerprint density at radius 3 is 2.14 bits per heavy atom. The van der Waals surface area contributed by atoms with Crippen LogP contribution < -0.4 is 4.90 Å². The number of oxime groups is 1. The monoisotopic (exact) mass is 373 g/mol. The highest BCUT2D eigenvalue weighted by atomic mass is 16.4. The second-order valence-corrected chi connectivity index (χ2v) is 7.37. The molecule has 0 aliphatic carbocycles. The highest BCUT2D eigenvalue weighted by Crippen LogP contribution is 2.32. The number of benzene rings is 2. The number of aromatic nitrogens is 1.